The van der Waals surface area contributed by atoms with Crippen molar-refractivity contribution in [2.24, 2.45) is 5.92 Å². The number of carbonyl (C=O) groups excluding carboxylic acids is 1. The summed E-state index contributed by atoms with van der Waals surface area (Å²) in [5.74, 6) is 0.635. The number of carbonyl (C=O) groups is 1. The number of rotatable bonds is 29. The van der Waals surface area contributed by atoms with Gasteiger partial charge in [0.2, 0.25) is 0 Å². The molecule has 0 saturated heterocycles. The van der Waals surface area contributed by atoms with E-state index in [2.05, 4.69) is 13.8 Å². The van der Waals surface area contributed by atoms with Gasteiger partial charge in [-0.2, -0.15) is 0 Å². The third-order valence-electron chi connectivity index (χ3n) is 8.41. The molecule has 0 aliphatic rings. The molecule has 2 heteroatoms. The minimum absolute atomic E-state index is 0.0794. The lowest BCUT2D eigenvalue weighted by Crippen LogP contribution is -2.12. The largest absolute Gasteiger partial charge is 0.465 e. The Balaban J connectivity index is 2.17. The fourth-order valence-corrected chi connectivity index (χ4v) is 5.78. The van der Waals surface area contributed by atoms with E-state index < -0.39 is 0 Å². The van der Waals surface area contributed by atoms with Crippen LogP contribution >= 0.6 is 0 Å². The van der Waals surface area contributed by atoms with Crippen molar-refractivity contribution in [1.82, 2.24) is 0 Å². The number of benzene rings is 1. The van der Waals surface area contributed by atoms with Crippen molar-refractivity contribution in [3.8, 4) is 0 Å². The molecule has 2 nitrogen and oxygen atoms in total. The van der Waals surface area contributed by atoms with Crippen LogP contribution in [0.5, 0.6) is 0 Å². The molecule has 0 radical (unpaired) electrons. The van der Waals surface area contributed by atoms with Crippen LogP contribution in [0.4, 0.5) is 0 Å². The van der Waals surface area contributed by atoms with Crippen LogP contribution in [0.2, 0.25) is 0 Å². The zero-order chi connectivity index (χ0) is 28.1. The van der Waals surface area contributed by atoms with Crippen molar-refractivity contribution >= 4 is 5.97 Å². The van der Waals surface area contributed by atoms with Crippen LogP contribution in [0.3, 0.4) is 0 Å². The molecule has 0 N–H and O–H groups in total. The normalized spacial score (nSPS) is 12.1. The maximum absolute atomic E-state index is 12.3. The Morgan fingerprint density at radius 3 is 1.33 bits per heavy atom. The Hall–Kier alpha value is -1.31. The van der Waals surface area contributed by atoms with Gasteiger partial charge in [-0.3, -0.25) is 4.79 Å². The van der Waals surface area contributed by atoms with Crippen molar-refractivity contribution in [3.63, 3.8) is 0 Å². The van der Waals surface area contributed by atoms with Crippen LogP contribution in [0, 0.1) is 5.92 Å². The third-order valence-corrected chi connectivity index (χ3v) is 8.41. The summed E-state index contributed by atoms with van der Waals surface area (Å²) in [5.41, 5.74) is 1.04. The van der Waals surface area contributed by atoms with E-state index in [4.69, 9.17) is 4.74 Å². The molecule has 1 unspecified atom stereocenters. The Morgan fingerprint density at radius 1 is 0.538 bits per heavy atom. The highest BCUT2D eigenvalue weighted by molar-refractivity contribution is 5.72. The molecule has 0 spiro atoms. The van der Waals surface area contributed by atoms with Gasteiger partial charge >= 0.3 is 5.97 Å². The van der Waals surface area contributed by atoms with E-state index in [1.807, 2.05) is 30.3 Å². The van der Waals surface area contributed by atoms with Gasteiger partial charge in [0.25, 0.3) is 0 Å². The summed E-state index contributed by atoms with van der Waals surface area (Å²) in [7, 11) is 0. The summed E-state index contributed by atoms with van der Waals surface area (Å²) in [6, 6.07) is 9.97. The van der Waals surface area contributed by atoms with E-state index in [1.165, 1.54) is 154 Å². The van der Waals surface area contributed by atoms with Gasteiger partial charge in [-0.1, -0.05) is 198 Å². The molecule has 0 saturated carbocycles. The average Bonchev–Trinajstić information content (AvgIpc) is 2.94. The second kappa shape index (κ2) is 28.2. The number of ether oxygens (including phenoxy) is 1. The highest BCUT2D eigenvalue weighted by atomic mass is 16.5. The molecule has 0 amide bonds. The van der Waals surface area contributed by atoms with Crippen LogP contribution < -0.4 is 0 Å². The van der Waals surface area contributed by atoms with Crippen LogP contribution in [0.25, 0.3) is 0 Å². The first-order valence-electron chi connectivity index (χ1n) is 17.5. The van der Waals surface area contributed by atoms with Crippen molar-refractivity contribution in [2.45, 2.75) is 181 Å². The molecule has 0 aliphatic heterocycles. The summed E-state index contributed by atoms with van der Waals surface area (Å²) in [5, 5.41) is 0. The summed E-state index contributed by atoms with van der Waals surface area (Å²) < 4.78 is 5.65. The molecular formula is C37H66O2. The Bertz CT molecular complexity index is 626. The molecule has 0 bridgehead atoms. The van der Waals surface area contributed by atoms with Gasteiger partial charge in [0, 0.05) is 0 Å². The zero-order valence-electron chi connectivity index (χ0n) is 26.4. The van der Waals surface area contributed by atoms with Crippen LogP contribution in [-0.4, -0.2) is 12.6 Å². The summed E-state index contributed by atoms with van der Waals surface area (Å²) in [6.07, 6.45) is 34.9. The van der Waals surface area contributed by atoms with E-state index in [0.717, 1.165) is 12.0 Å². The van der Waals surface area contributed by atoms with Gasteiger partial charge in [0.15, 0.2) is 0 Å². The van der Waals surface area contributed by atoms with E-state index in [0.29, 0.717) is 18.9 Å². The molecule has 39 heavy (non-hydrogen) atoms. The van der Waals surface area contributed by atoms with Gasteiger partial charge in [0.05, 0.1) is 13.0 Å². The second-order valence-electron chi connectivity index (χ2n) is 12.2. The van der Waals surface area contributed by atoms with Crippen molar-refractivity contribution in [1.29, 1.82) is 0 Å². The quantitative estimate of drug-likeness (QED) is 0.0743. The first-order valence-corrected chi connectivity index (χ1v) is 17.5. The molecule has 1 aromatic rings. The molecule has 226 valence electrons. The first kappa shape index (κ1) is 35.7. The fraction of sp³-hybridized carbons (Fsp3) is 0.811. The number of hydrogen-bond donors (Lipinski definition) is 0. The van der Waals surface area contributed by atoms with E-state index in [9.17, 15) is 4.79 Å². The summed E-state index contributed by atoms with van der Waals surface area (Å²) >= 11 is 0. The Morgan fingerprint density at radius 2 is 0.923 bits per heavy atom. The lowest BCUT2D eigenvalue weighted by molar-refractivity contribution is -0.143. The Labute approximate surface area is 244 Å². The number of esters is 1. The van der Waals surface area contributed by atoms with Crippen molar-refractivity contribution in [3.05, 3.63) is 35.9 Å². The number of unbranched alkanes of at least 4 members (excludes halogenated alkanes) is 20. The smallest absolute Gasteiger partial charge is 0.310 e. The minimum atomic E-state index is -0.0794. The zero-order valence-corrected chi connectivity index (χ0v) is 26.4. The highest BCUT2D eigenvalue weighted by Gasteiger charge is 2.11. The van der Waals surface area contributed by atoms with Crippen LogP contribution in [0.1, 0.15) is 180 Å². The predicted octanol–water partition coefficient (Wildman–Crippen LogP) is 12.2. The number of hydrogen-bond acceptors (Lipinski definition) is 2. The van der Waals surface area contributed by atoms with Gasteiger partial charge < -0.3 is 4.74 Å². The monoisotopic (exact) mass is 543 g/mol. The maximum atomic E-state index is 12.3. The van der Waals surface area contributed by atoms with Crippen LogP contribution in [0.15, 0.2) is 30.3 Å². The predicted molar refractivity (Wildman–Crippen MR) is 171 cm³/mol. The van der Waals surface area contributed by atoms with Gasteiger partial charge in [0.1, 0.15) is 0 Å². The molecule has 1 atom stereocenters. The molecule has 1 aromatic carbocycles. The second-order valence-corrected chi connectivity index (χ2v) is 12.2. The Kier molecular flexibility index (Phi) is 25.9. The van der Waals surface area contributed by atoms with E-state index in [-0.39, 0.29) is 5.97 Å². The topological polar surface area (TPSA) is 26.3 Å². The molecule has 0 fully saturated rings. The standard InChI is InChI=1S/C37H66O2/c1-3-5-7-9-11-13-15-16-18-20-22-25-29-35(28-24-21-19-17-14-12-10-8-6-4-2)32-33-39-37(38)34-36-30-26-23-27-31-36/h23,26-27,30-31,35H,3-22,24-25,28-29,32-34H2,1-2H3. The molecular weight excluding hydrogens is 476 g/mol. The van der Waals surface area contributed by atoms with E-state index in [1.54, 1.807) is 0 Å². The van der Waals surface area contributed by atoms with Crippen molar-refractivity contribution < 1.29 is 9.53 Å². The molecule has 0 aromatic heterocycles. The third kappa shape index (κ3) is 24.2. The molecule has 0 heterocycles. The first-order chi connectivity index (χ1) is 19.3. The molecule has 0 aliphatic carbocycles. The maximum Gasteiger partial charge on any atom is 0.310 e. The van der Waals surface area contributed by atoms with Crippen molar-refractivity contribution in [2.75, 3.05) is 6.61 Å². The van der Waals surface area contributed by atoms with Gasteiger partial charge in [-0.25, -0.2) is 0 Å². The minimum Gasteiger partial charge on any atom is -0.465 e. The van der Waals surface area contributed by atoms with Gasteiger partial charge in [-0.15, -0.1) is 0 Å². The lowest BCUT2D eigenvalue weighted by Gasteiger charge is -2.17. The average molecular weight is 543 g/mol. The summed E-state index contributed by atoms with van der Waals surface area (Å²) in [4.78, 5) is 12.3. The van der Waals surface area contributed by atoms with E-state index >= 15 is 0 Å². The molecule has 1 rings (SSSR count). The SMILES string of the molecule is CCCCCCCCCCCCCCC(CCCCCCCCCCCC)CCOC(=O)Cc1ccccc1. The van der Waals surface area contributed by atoms with Gasteiger partial charge in [-0.05, 0) is 17.9 Å². The van der Waals surface area contributed by atoms with Crippen LogP contribution in [-0.2, 0) is 16.0 Å². The summed E-state index contributed by atoms with van der Waals surface area (Å²) in [6.45, 7) is 5.18. The fourth-order valence-electron chi connectivity index (χ4n) is 5.78. The highest BCUT2D eigenvalue weighted by Crippen LogP contribution is 2.23. The lowest BCUT2D eigenvalue weighted by atomic mass is 9.91.